The van der Waals surface area contributed by atoms with Gasteiger partial charge in [0.05, 0.1) is 31.5 Å². The molecule has 3 heterocycles. The Morgan fingerprint density at radius 1 is 1.31 bits per heavy atom. The zero-order valence-corrected chi connectivity index (χ0v) is 19.9. The number of anilines is 1. The minimum atomic E-state index is 0. The van der Waals surface area contributed by atoms with Crippen LogP contribution in [0.15, 0.2) is 27.7 Å². The number of rotatable bonds is 6. The Labute approximate surface area is 189 Å². The number of aliphatic imine (C=N–C) groups is 1. The van der Waals surface area contributed by atoms with Gasteiger partial charge in [0, 0.05) is 25.8 Å². The molecule has 8 nitrogen and oxygen atoms in total. The van der Waals surface area contributed by atoms with Crippen LogP contribution in [-0.2, 0) is 17.8 Å². The average Bonchev–Trinajstić information content (AvgIpc) is 3.02. The number of morpholine rings is 1. The van der Waals surface area contributed by atoms with Crippen molar-refractivity contribution in [3.63, 3.8) is 0 Å². The smallest absolute Gasteiger partial charge is 0.214 e. The van der Waals surface area contributed by atoms with Gasteiger partial charge in [0.1, 0.15) is 11.6 Å². The molecule has 1 fully saturated rings. The van der Waals surface area contributed by atoms with Crippen LogP contribution >= 0.6 is 24.0 Å². The highest BCUT2D eigenvalue weighted by Gasteiger charge is 2.17. The van der Waals surface area contributed by atoms with Gasteiger partial charge in [-0.2, -0.15) is 0 Å². The largest absolute Gasteiger partial charge is 0.444 e. The molecule has 2 N–H and O–H groups in total. The first-order chi connectivity index (χ1) is 13.5. The van der Waals surface area contributed by atoms with Crippen LogP contribution in [0.2, 0.25) is 0 Å². The molecule has 1 aliphatic heterocycles. The van der Waals surface area contributed by atoms with Crippen molar-refractivity contribution in [3.8, 4) is 0 Å². The molecule has 0 aromatic carbocycles. The third kappa shape index (κ3) is 6.84. The van der Waals surface area contributed by atoms with Crippen molar-refractivity contribution in [2.75, 3.05) is 31.1 Å². The Hall–Kier alpha value is -1.88. The van der Waals surface area contributed by atoms with E-state index < -0.39 is 0 Å². The van der Waals surface area contributed by atoms with Crippen LogP contribution in [0.1, 0.15) is 36.8 Å². The number of aromatic nitrogens is 2. The van der Waals surface area contributed by atoms with Gasteiger partial charge in [0.25, 0.3) is 0 Å². The molecular weight excluding hydrogens is 483 g/mol. The highest BCUT2D eigenvalue weighted by atomic mass is 127. The second kappa shape index (κ2) is 11.3. The molecule has 1 saturated heterocycles. The maximum Gasteiger partial charge on any atom is 0.214 e. The summed E-state index contributed by atoms with van der Waals surface area (Å²) in [4.78, 5) is 15.9. The second-order valence-corrected chi connectivity index (χ2v) is 6.95. The fraction of sp³-hybridized carbons (Fsp3) is 0.550. The van der Waals surface area contributed by atoms with Gasteiger partial charge in [-0.25, -0.2) is 15.0 Å². The minimum Gasteiger partial charge on any atom is -0.444 e. The van der Waals surface area contributed by atoms with Gasteiger partial charge < -0.3 is 24.7 Å². The van der Waals surface area contributed by atoms with E-state index in [0.717, 1.165) is 55.0 Å². The van der Waals surface area contributed by atoms with Crippen LogP contribution < -0.4 is 15.5 Å². The van der Waals surface area contributed by atoms with Gasteiger partial charge in [-0.05, 0) is 39.3 Å². The lowest BCUT2D eigenvalue weighted by atomic mass is 10.2. The Balaban J connectivity index is 0.00000300. The lowest BCUT2D eigenvalue weighted by Crippen LogP contribution is -2.41. The first-order valence-corrected chi connectivity index (χ1v) is 9.81. The van der Waals surface area contributed by atoms with Crippen molar-refractivity contribution in [1.29, 1.82) is 0 Å². The van der Waals surface area contributed by atoms with Crippen LogP contribution in [-0.4, -0.2) is 48.3 Å². The highest BCUT2D eigenvalue weighted by Crippen LogP contribution is 2.15. The van der Waals surface area contributed by atoms with Gasteiger partial charge >= 0.3 is 0 Å². The summed E-state index contributed by atoms with van der Waals surface area (Å²) in [5, 5.41) is 6.50. The number of ether oxygens (including phenoxy) is 1. The summed E-state index contributed by atoms with van der Waals surface area (Å²) in [7, 11) is 0. The summed E-state index contributed by atoms with van der Waals surface area (Å²) in [5.74, 6) is 3.22. The molecule has 9 heteroatoms. The summed E-state index contributed by atoms with van der Waals surface area (Å²) >= 11 is 0. The molecule has 3 rings (SSSR count). The first-order valence-electron chi connectivity index (χ1n) is 9.81. The topological polar surface area (TPSA) is 87.8 Å². The molecule has 0 bridgehead atoms. The number of halogens is 1. The number of aryl methyl sites for hydroxylation is 2. The molecule has 1 atom stereocenters. The molecule has 0 amide bonds. The van der Waals surface area contributed by atoms with E-state index in [-0.39, 0.29) is 30.1 Å². The third-order valence-electron chi connectivity index (χ3n) is 4.62. The lowest BCUT2D eigenvalue weighted by molar-refractivity contribution is 0.0529. The molecule has 0 spiro atoms. The zero-order chi connectivity index (χ0) is 19.9. The van der Waals surface area contributed by atoms with Crippen LogP contribution in [0.25, 0.3) is 0 Å². The number of hydrogen-bond donors (Lipinski definition) is 2. The standard InChI is InChI=1S/C20H30N6O2.HI/c1-5-21-20(24-12-19-25-15(3)16(4)28-19)23-11-17-6-7-18(22-10-17)26-8-9-27-14(2)13-26;/h6-7,10,14H,5,8-9,11-13H2,1-4H3,(H2,21,23,24);1H. The quantitative estimate of drug-likeness (QED) is 0.348. The lowest BCUT2D eigenvalue weighted by Gasteiger charge is -2.32. The molecule has 1 aliphatic rings. The Morgan fingerprint density at radius 3 is 2.76 bits per heavy atom. The van der Waals surface area contributed by atoms with E-state index in [1.54, 1.807) is 0 Å². The van der Waals surface area contributed by atoms with E-state index >= 15 is 0 Å². The number of pyridine rings is 1. The van der Waals surface area contributed by atoms with E-state index in [1.165, 1.54) is 0 Å². The first kappa shape index (κ1) is 23.4. The second-order valence-electron chi connectivity index (χ2n) is 6.95. The van der Waals surface area contributed by atoms with Crippen molar-refractivity contribution in [1.82, 2.24) is 20.6 Å². The van der Waals surface area contributed by atoms with Crippen molar-refractivity contribution in [2.45, 2.75) is 46.9 Å². The third-order valence-corrected chi connectivity index (χ3v) is 4.62. The van der Waals surface area contributed by atoms with Crippen LogP contribution in [0.4, 0.5) is 5.82 Å². The molecule has 29 heavy (non-hydrogen) atoms. The van der Waals surface area contributed by atoms with E-state index in [9.17, 15) is 0 Å². The number of oxazole rings is 1. The summed E-state index contributed by atoms with van der Waals surface area (Å²) in [6.07, 6.45) is 2.13. The summed E-state index contributed by atoms with van der Waals surface area (Å²) in [6.45, 7) is 12.3. The van der Waals surface area contributed by atoms with Gasteiger partial charge in [-0.3, -0.25) is 0 Å². The van der Waals surface area contributed by atoms with E-state index in [1.807, 2.05) is 27.0 Å². The van der Waals surface area contributed by atoms with Crippen LogP contribution in [0, 0.1) is 13.8 Å². The Bertz CT molecular complexity index is 773. The van der Waals surface area contributed by atoms with E-state index in [4.69, 9.17) is 9.15 Å². The summed E-state index contributed by atoms with van der Waals surface area (Å²) < 4.78 is 11.2. The van der Waals surface area contributed by atoms with Gasteiger partial charge in [-0.1, -0.05) is 6.07 Å². The highest BCUT2D eigenvalue weighted by molar-refractivity contribution is 14.0. The molecule has 0 aliphatic carbocycles. The number of hydrogen-bond acceptors (Lipinski definition) is 6. The van der Waals surface area contributed by atoms with Crippen molar-refractivity contribution >= 4 is 35.8 Å². The number of guanidine groups is 1. The van der Waals surface area contributed by atoms with Gasteiger partial charge in [0.15, 0.2) is 5.96 Å². The predicted octanol–water partition coefficient (Wildman–Crippen LogP) is 2.78. The predicted molar refractivity (Wildman–Crippen MR) is 125 cm³/mol. The number of nitrogens with one attached hydrogen (secondary N) is 2. The molecule has 0 saturated carbocycles. The zero-order valence-electron chi connectivity index (χ0n) is 17.6. The fourth-order valence-electron chi connectivity index (χ4n) is 3.01. The fourth-order valence-corrected chi connectivity index (χ4v) is 3.01. The van der Waals surface area contributed by atoms with Gasteiger partial charge in [-0.15, -0.1) is 24.0 Å². The Kier molecular flexibility index (Phi) is 9.15. The van der Waals surface area contributed by atoms with Crippen molar-refractivity contribution in [3.05, 3.63) is 41.2 Å². The van der Waals surface area contributed by atoms with Crippen LogP contribution in [0.3, 0.4) is 0 Å². The molecular formula is C20H31IN6O2. The maximum atomic E-state index is 5.60. The number of nitrogens with zero attached hydrogens (tertiary/aromatic N) is 4. The van der Waals surface area contributed by atoms with E-state index in [0.29, 0.717) is 19.0 Å². The van der Waals surface area contributed by atoms with Crippen LogP contribution in [0.5, 0.6) is 0 Å². The molecule has 2 aromatic heterocycles. The van der Waals surface area contributed by atoms with Gasteiger partial charge in [0.2, 0.25) is 5.89 Å². The minimum absolute atomic E-state index is 0. The van der Waals surface area contributed by atoms with Crippen molar-refractivity contribution < 1.29 is 9.15 Å². The SMILES string of the molecule is CCNC(=NCc1ccc(N2CCOC(C)C2)nc1)NCc1nc(C)c(C)o1.I. The normalized spacial score (nSPS) is 17.0. The summed E-state index contributed by atoms with van der Waals surface area (Å²) in [6, 6.07) is 4.14. The molecule has 0 radical (unpaired) electrons. The maximum absolute atomic E-state index is 5.60. The Morgan fingerprint density at radius 2 is 2.14 bits per heavy atom. The molecule has 2 aromatic rings. The monoisotopic (exact) mass is 514 g/mol. The van der Waals surface area contributed by atoms with Crippen molar-refractivity contribution in [2.24, 2.45) is 4.99 Å². The molecule has 1 unspecified atom stereocenters. The summed E-state index contributed by atoms with van der Waals surface area (Å²) in [5.41, 5.74) is 1.98. The molecule has 160 valence electrons. The van der Waals surface area contributed by atoms with E-state index in [2.05, 4.69) is 49.6 Å². The average molecular weight is 514 g/mol.